The van der Waals surface area contributed by atoms with E-state index < -0.39 is 0 Å². The third kappa shape index (κ3) is 2.73. The molecular weight excluding hydrogens is 256 g/mol. The van der Waals surface area contributed by atoms with Crippen molar-refractivity contribution in [2.45, 2.75) is 30.4 Å². The van der Waals surface area contributed by atoms with Gasteiger partial charge in [0.25, 0.3) is 5.91 Å². The van der Waals surface area contributed by atoms with Gasteiger partial charge in [0.1, 0.15) is 0 Å². The quantitative estimate of drug-likeness (QED) is 0.888. The van der Waals surface area contributed by atoms with Crippen LogP contribution in [0.3, 0.4) is 0 Å². The van der Waals surface area contributed by atoms with Crippen molar-refractivity contribution in [1.82, 2.24) is 5.32 Å². The molecule has 1 fully saturated rings. The van der Waals surface area contributed by atoms with Crippen LogP contribution in [0, 0.1) is 0 Å². The number of anilines is 1. The molecular formula is C15H20N2OS. The molecule has 1 aromatic rings. The summed E-state index contributed by atoms with van der Waals surface area (Å²) < 4.78 is 0.325. The number of benzene rings is 1. The van der Waals surface area contributed by atoms with Crippen LogP contribution < -0.4 is 10.6 Å². The summed E-state index contributed by atoms with van der Waals surface area (Å²) in [6.45, 7) is 1.83. The highest BCUT2D eigenvalue weighted by atomic mass is 32.2. The van der Waals surface area contributed by atoms with Crippen molar-refractivity contribution in [2.24, 2.45) is 0 Å². The molecule has 1 heterocycles. The third-order valence-corrected chi connectivity index (χ3v) is 5.54. The van der Waals surface area contributed by atoms with E-state index in [9.17, 15) is 4.79 Å². The topological polar surface area (TPSA) is 41.1 Å². The molecule has 1 aliphatic heterocycles. The number of amides is 1. The Bertz CT molecular complexity index is 497. The number of nitrogens with one attached hydrogen (secondary N) is 2. The van der Waals surface area contributed by atoms with Crippen LogP contribution in [0.15, 0.2) is 18.2 Å². The molecule has 0 saturated heterocycles. The van der Waals surface area contributed by atoms with E-state index in [1.54, 1.807) is 0 Å². The molecule has 1 amide bonds. The molecule has 0 radical (unpaired) electrons. The SMILES string of the molecule is CSC1(CNC(=O)c2ccc3c(c2)CCCN3)CC1. The summed E-state index contributed by atoms with van der Waals surface area (Å²) in [6, 6.07) is 5.99. The Labute approximate surface area is 118 Å². The van der Waals surface area contributed by atoms with Gasteiger partial charge in [0.2, 0.25) is 0 Å². The minimum Gasteiger partial charge on any atom is -0.385 e. The van der Waals surface area contributed by atoms with Gasteiger partial charge in [0.15, 0.2) is 0 Å². The van der Waals surface area contributed by atoms with Crippen LogP contribution in [0.1, 0.15) is 35.2 Å². The molecule has 19 heavy (non-hydrogen) atoms. The van der Waals surface area contributed by atoms with Crippen molar-refractivity contribution >= 4 is 23.4 Å². The fraction of sp³-hybridized carbons (Fsp3) is 0.533. The van der Waals surface area contributed by atoms with Gasteiger partial charge in [0, 0.05) is 29.1 Å². The third-order valence-electron chi connectivity index (χ3n) is 4.12. The van der Waals surface area contributed by atoms with Crippen molar-refractivity contribution in [3.05, 3.63) is 29.3 Å². The van der Waals surface area contributed by atoms with E-state index in [4.69, 9.17) is 0 Å². The van der Waals surface area contributed by atoms with Gasteiger partial charge in [-0.3, -0.25) is 4.79 Å². The molecule has 1 aliphatic carbocycles. The van der Waals surface area contributed by atoms with Gasteiger partial charge < -0.3 is 10.6 Å². The van der Waals surface area contributed by atoms with Crippen LogP contribution in [-0.2, 0) is 6.42 Å². The summed E-state index contributed by atoms with van der Waals surface area (Å²) in [4.78, 5) is 12.2. The van der Waals surface area contributed by atoms with Crippen molar-refractivity contribution in [3.8, 4) is 0 Å². The van der Waals surface area contributed by atoms with Crippen LogP contribution in [0.25, 0.3) is 0 Å². The summed E-state index contributed by atoms with van der Waals surface area (Å²) >= 11 is 1.87. The maximum atomic E-state index is 12.2. The number of hydrogen-bond acceptors (Lipinski definition) is 3. The van der Waals surface area contributed by atoms with Crippen LogP contribution in [0.5, 0.6) is 0 Å². The number of thioether (sulfide) groups is 1. The average molecular weight is 276 g/mol. The van der Waals surface area contributed by atoms with E-state index in [1.807, 2.05) is 30.0 Å². The Morgan fingerprint density at radius 2 is 2.32 bits per heavy atom. The lowest BCUT2D eigenvalue weighted by atomic mass is 10.0. The zero-order valence-corrected chi connectivity index (χ0v) is 12.1. The van der Waals surface area contributed by atoms with Crippen molar-refractivity contribution in [2.75, 3.05) is 24.7 Å². The lowest BCUT2D eigenvalue weighted by molar-refractivity contribution is 0.0953. The van der Waals surface area contributed by atoms with Crippen LogP contribution in [0.4, 0.5) is 5.69 Å². The molecule has 102 valence electrons. The highest BCUT2D eigenvalue weighted by molar-refractivity contribution is 8.00. The molecule has 0 bridgehead atoms. The summed E-state index contributed by atoms with van der Waals surface area (Å²) in [7, 11) is 0. The Morgan fingerprint density at radius 1 is 1.47 bits per heavy atom. The molecule has 3 rings (SSSR count). The molecule has 4 heteroatoms. The van der Waals surface area contributed by atoms with E-state index in [2.05, 4.69) is 16.9 Å². The van der Waals surface area contributed by atoms with Gasteiger partial charge >= 0.3 is 0 Å². The van der Waals surface area contributed by atoms with Gasteiger partial charge in [-0.05, 0) is 55.7 Å². The van der Waals surface area contributed by atoms with Crippen molar-refractivity contribution in [3.63, 3.8) is 0 Å². The molecule has 0 aromatic heterocycles. The zero-order valence-electron chi connectivity index (χ0n) is 11.3. The van der Waals surface area contributed by atoms with Gasteiger partial charge in [-0.25, -0.2) is 0 Å². The molecule has 0 spiro atoms. The van der Waals surface area contributed by atoms with Crippen LogP contribution in [0.2, 0.25) is 0 Å². The monoisotopic (exact) mass is 276 g/mol. The normalized spacial score (nSPS) is 19.2. The summed E-state index contributed by atoms with van der Waals surface area (Å²) in [5.74, 6) is 0.0636. The van der Waals surface area contributed by atoms with Gasteiger partial charge in [-0.15, -0.1) is 0 Å². The maximum absolute atomic E-state index is 12.2. The minimum atomic E-state index is 0.0636. The number of carbonyl (C=O) groups is 1. The average Bonchev–Trinajstić information content (AvgIpc) is 3.25. The molecule has 0 unspecified atom stereocenters. The highest BCUT2D eigenvalue weighted by Gasteiger charge is 2.41. The standard InChI is InChI=1S/C15H20N2OS/c1-19-15(6-7-15)10-17-14(18)12-4-5-13-11(9-12)3-2-8-16-13/h4-5,9,16H,2-3,6-8,10H2,1H3,(H,17,18). The largest absolute Gasteiger partial charge is 0.385 e. The van der Waals surface area contributed by atoms with E-state index >= 15 is 0 Å². The Balaban J connectivity index is 1.66. The summed E-state index contributed by atoms with van der Waals surface area (Å²) in [5, 5.41) is 6.45. The number of aryl methyl sites for hydroxylation is 1. The Kier molecular flexibility index (Phi) is 3.44. The van der Waals surface area contributed by atoms with Gasteiger partial charge in [-0.2, -0.15) is 11.8 Å². The lowest BCUT2D eigenvalue weighted by Crippen LogP contribution is -2.31. The maximum Gasteiger partial charge on any atom is 0.251 e. The fourth-order valence-corrected chi connectivity index (χ4v) is 3.28. The van der Waals surface area contributed by atoms with Crippen molar-refractivity contribution in [1.29, 1.82) is 0 Å². The number of carbonyl (C=O) groups excluding carboxylic acids is 1. The predicted molar refractivity (Wildman–Crippen MR) is 81.1 cm³/mol. The summed E-state index contributed by atoms with van der Waals surface area (Å²) in [5.41, 5.74) is 3.25. The Hall–Kier alpha value is -1.16. The second-order valence-corrected chi connectivity index (χ2v) is 6.75. The minimum absolute atomic E-state index is 0.0636. The summed E-state index contributed by atoms with van der Waals surface area (Å²) in [6.07, 6.45) is 6.79. The highest BCUT2D eigenvalue weighted by Crippen LogP contribution is 2.46. The first-order valence-corrected chi connectivity index (χ1v) is 8.15. The van der Waals surface area contributed by atoms with Gasteiger partial charge in [-0.1, -0.05) is 0 Å². The number of hydrogen-bond donors (Lipinski definition) is 2. The van der Waals surface area contributed by atoms with Gasteiger partial charge in [0.05, 0.1) is 0 Å². The molecule has 2 aliphatic rings. The molecule has 0 atom stereocenters. The second-order valence-electron chi connectivity index (χ2n) is 5.47. The van der Waals surface area contributed by atoms with Crippen LogP contribution in [-0.4, -0.2) is 30.0 Å². The lowest BCUT2D eigenvalue weighted by Gasteiger charge is -2.19. The van der Waals surface area contributed by atoms with Crippen LogP contribution >= 0.6 is 11.8 Å². The molecule has 1 aromatic carbocycles. The first-order valence-electron chi connectivity index (χ1n) is 6.93. The molecule has 3 nitrogen and oxygen atoms in total. The fourth-order valence-electron chi connectivity index (χ4n) is 2.55. The first-order chi connectivity index (χ1) is 9.22. The number of rotatable bonds is 4. The van der Waals surface area contributed by atoms with E-state index in [0.717, 1.165) is 31.5 Å². The first kappa shape index (κ1) is 12.9. The molecule has 1 saturated carbocycles. The number of fused-ring (bicyclic) bond motifs is 1. The second kappa shape index (κ2) is 5.08. The predicted octanol–water partition coefficient (Wildman–Crippen LogP) is 2.67. The van der Waals surface area contributed by atoms with Crippen molar-refractivity contribution < 1.29 is 4.79 Å². The smallest absolute Gasteiger partial charge is 0.251 e. The van der Waals surface area contributed by atoms with E-state index in [1.165, 1.54) is 24.1 Å². The van der Waals surface area contributed by atoms with E-state index in [0.29, 0.717) is 4.75 Å². The zero-order chi connectivity index (χ0) is 13.3. The van der Waals surface area contributed by atoms with E-state index in [-0.39, 0.29) is 5.91 Å². The Morgan fingerprint density at radius 3 is 3.05 bits per heavy atom. The molecule has 2 N–H and O–H groups in total.